The fraction of sp³-hybridized carbons (Fsp3) is 1.00. The zero-order chi connectivity index (χ0) is 11.6. The molecule has 2 rings (SSSR count). The van der Waals surface area contributed by atoms with Crippen molar-refractivity contribution >= 4 is 0 Å². The molecule has 2 aliphatic rings. The van der Waals surface area contributed by atoms with Crippen LogP contribution in [-0.4, -0.2) is 60.2 Å². The number of piperidine rings is 1. The second-order valence-corrected chi connectivity index (χ2v) is 5.24. The first-order valence-corrected chi connectivity index (χ1v) is 6.29. The molecular weight excluding hydrogens is 206 g/mol. The summed E-state index contributed by atoms with van der Waals surface area (Å²) >= 11 is 0. The van der Waals surface area contributed by atoms with Crippen molar-refractivity contribution in [1.82, 2.24) is 4.90 Å². The van der Waals surface area contributed by atoms with Gasteiger partial charge in [0.05, 0.1) is 18.8 Å². The van der Waals surface area contributed by atoms with Crippen LogP contribution in [0.3, 0.4) is 0 Å². The van der Waals surface area contributed by atoms with Gasteiger partial charge < -0.3 is 19.8 Å². The summed E-state index contributed by atoms with van der Waals surface area (Å²) in [6, 6.07) is 0. The molecule has 2 aliphatic heterocycles. The summed E-state index contributed by atoms with van der Waals surface area (Å²) in [4.78, 5) is 2.32. The summed E-state index contributed by atoms with van der Waals surface area (Å²) in [7, 11) is 0. The average molecular weight is 229 g/mol. The van der Waals surface area contributed by atoms with Gasteiger partial charge in [-0.15, -0.1) is 0 Å². The molecule has 0 bridgehead atoms. The lowest BCUT2D eigenvalue weighted by Crippen LogP contribution is -2.59. The van der Waals surface area contributed by atoms with Crippen LogP contribution in [0.4, 0.5) is 0 Å². The molecule has 2 unspecified atom stereocenters. The van der Waals surface area contributed by atoms with Crippen LogP contribution in [0.25, 0.3) is 0 Å². The zero-order valence-corrected chi connectivity index (χ0v) is 10.1. The highest BCUT2D eigenvalue weighted by Crippen LogP contribution is 2.44. The van der Waals surface area contributed by atoms with Crippen LogP contribution in [0.2, 0.25) is 0 Å². The van der Waals surface area contributed by atoms with Crippen molar-refractivity contribution in [2.24, 2.45) is 5.41 Å². The number of rotatable bonds is 3. The van der Waals surface area contributed by atoms with E-state index < -0.39 is 5.60 Å². The van der Waals surface area contributed by atoms with Crippen molar-refractivity contribution in [3.8, 4) is 0 Å². The Morgan fingerprint density at radius 3 is 2.75 bits per heavy atom. The highest BCUT2D eigenvalue weighted by molar-refractivity contribution is 5.04. The lowest BCUT2D eigenvalue weighted by molar-refractivity contribution is -0.138. The molecule has 2 fully saturated rings. The zero-order valence-electron chi connectivity index (χ0n) is 10.1. The third-order valence-corrected chi connectivity index (χ3v) is 4.39. The number of likely N-dealkylation sites (tertiary alicyclic amines) is 1. The average Bonchev–Trinajstić information content (AvgIpc) is 2.77. The second kappa shape index (κ2) is 4.61. The maximum atomic E-state index is 10.7. The molecule has 4 heteroatoms. The van der Waals surface area contributed by atoms with Crippen LogP contribution in [0.15, 0.2) is 0 Å². The van der Waals surface area contributed by atoms with Crippen LogP contribution in [-0.2, 0) is 4.74 Å². The van der Waals surface area contributed by atoms with E-state index in [1.165, 1.54) is 0 Å². The summed E-state index contributed by atoms with van der Waals surface area (Å²) in [5, 5.41) is 20.4. The molecule has 16 heavy (non-hydrogen) atoms. The van der Waals surface area contributed by atoms with Crippen LogP contribution in [0.1, 0.15) is 26.2 Å². The Kier molecular flexibility index (Phi) is 3.54. The molecule has 2 heterocycles. The third kappa shape index (κ3) is 1.88. The SMILES string of the molecule is CCN1CCCC(CO)(C2(O)CCOC2)C1. The summed E-state index contributed by atoms with van der Waals surface area (Å²) in [6.45, 7) is 6.04. The number of aliphatic hydroxyl groups is 2. The predicted molar refractivity (Wildman–Crippen MR) is 61.3 cm³/mol. The van der Waals surface area contributed by atoms with E-state index in [1.54, 1.807) is 0 Å². The van der Waals surface area contributed by atoms with Crippen molar-refractivity contribution in [3.63, 3.8) is 0 Å². The van der Waals surface area contributed by atoms with Gasteiger partial charge in [0.25, 0.3) is 0 Å². The Balaban J connectivity index is 2.17. The molecule has 0 aromatic carbocycles. The maximum absolute atomic E-state index is 10.7. The van der Waals surface area contributed by atoms with Crippen molar-refractivity contribution in [2.75, 3.05) is 39.5 Å². The Bertz CT molecular complexity index is 240. The minimum atomic E-state index is -0.824. The highest BCUT2D eigenvalue weighted by atomic mass is 16.5. The van der Waals surface area contributed by atoms with Gasteiger partial charge in [0.15, 0.2) is 0 Å². The minimum Gasteiger partial charge on any atom is -0.396 e. The summed E-state index contributed by atoms with van der Waals surface area (Å²) < 4.78 is 5.33. The Labute approximate surface area is 97.2 Å². The maximum Gasteiger partial charge on any atom is 0.0991 e. The van der Waals surface area contributed by atoms with E-state index in [4.69, 9.17) is 4.74 Å². The number of ether oxygens (including phenoxy) is 1. The summed E-state index contributed by atoms with van der Waals surface area (Å²) in [6.07, 6.45) is 2.61. The highest BCUT2D eigenvalue weighted by Gasteiger charge is 2.53. The van der Waals surface area contributed by atoms with Gasteiger partial charge in [-0.3, -0.25) is 0 Å². The van der Waals surface area contributed by atoms with Crippen LogP contribution in [0.5, 0.6) is 0 Å². The van der Waals surface area contributed by atoms with Crippen molar-refractivity contribution in [2.45, 2.75) is 31.8 Å². The van der Waals surface area contributed by atoms with Gasteiger partial charge in [0.2, 0.25) is 0 Å². The summed E-state index contributed by atoms with van der Waals surface area (Å²) in [5.41, 5.74) is -1.20. The lowest BCUT2D eigenvalue weighted by atomic mass is 9.67. The standard InChI is InChI=1S/C12H23NO3/c1-2-13-6-3-4-11(8-13,9-14)12(15)5-7-16-10-12/h14-15H,2-10H2,1H3. The molecule has 0 aliphatic carbocycles. The van der Waals surface area contributed by atoms with E-state index in [9.17, 15) is 10.2 Å². The molecule has 0 spiro atoms. The van der Waals surface area contributed by atoms with Gasteiger partial charge in [-0.05, 0) is 25.9 Å². The predicted octanol–water partition coefficient (Wildman–Crippen LogP) is 0.232. The Morgan fingerprint density at radius 2 is 2.19 bits per heavy atom. The van der Waals surface area contributed by atoms with Crippen LogP contribution >= 0.6 is 0 Å². The quantitative estimate of drug-likeness (QED) is 0.727. The van der Waals surface area contributed by atoms with Gasteiger partial charge >= 0.3 is 0 Å². The molecular formula is C12H23NO3. The van der Waals surface area contributed by atoms with E-state index in [0.717, 1.165) is 32.5 Å². The fourth-order valence-electron chi connectivity index (χ4n) is 3.13. The number of aliphatic hydroxyl groups excluding tert-OH is 1. The Hall–Kier alpha value is -0.160. The van der Waals surface area contributed by atoms with Crippen molar-refractivity contribution < 1.29 is 14.9 Å². The van der Waals surface area contributed by atoms with E-state index in [-0.39, 0.29) is 12.0 Å². The van der Waals surface area contributed by atoms with Gasteiger partial charge in [0, 0.05) is 25.0 Å². The fourth-order valence-corrected chi connectivity index (χ4v) is 3.13. The van der Waals surface area contributed by atoms with Gasteiger partial charge in [0.1, 0.15) is 0 Å². The molecule has 0 aromatic heterocycles. The van der Waals surface area contributed by atoms with Crippen molar-refractivity contribution in [3.05, 3.63) is 0 Å². The van der Waals surface area contributed by atoms with Gasteiger partial charge in [-0.25, -0.2) is 0 Å². The first-order valence-electron chi connectivity index (χ1n) is 6.29. The topological polar surface area (TPSA) is 52.9 Å². The molecule has 0 radical (unpaired) electrons. The first-order chi connectivity index (χ1) is 7.66. The Morgan fingerprint density at radius 1 is 1.38 bits per heavy atom. The molecule has 4 nitrogen and oxygen atoms in total. The molecule has 2 N–H and O–H groups in total. The lowest BCUT2D eigenvalue weighted by Gasteiger charge is -2.49. The molecule has 2 atom stereocenters. The van der Waals surface area contributed by atoms with Gasteiger partial charge in [-0.1, -0.05) is 6.92 Å². The first kappa shape index (κ1) is 12.3. The minimum absolute atomic E-state index is 0.0589. The number of hydrogen-bond acceptors (Lipinski definition) is 4. The normalized spacial score (nSPS) is 41.4. The van der Waals surface area contributed by atoms with E-state index >= 15 is 0 Å². The number of hydrogen-bond donors (Lipinski definition) is 2. The monoisotopic (exact) mass is 229 g/mol. The van der Waals surface area contributed by atoms with Crippen LogP contribution in [0, 0.1) is 5.41 Å². The second-order valence-electron chi connectivity index (χ2n) is 5.24. The van der Waals surface area contributed by atoms with E-state index in [2.05, 4.69) is 11.8 Å². The van der Waals surface area contributed by atoms with Crippen LogP contribution < -0.4 is 0 Å². The molecule has 0 saturated carbocycles. The van der Waals surface area contributed by atoms with Gasteiger partial charge in [-0.2, -0.15) is 0 Å². The third-order valence-electron chi connectivity index (χ3n) is 4.39. The number of nitrogens with zero attached hydrogens (tertiary/aromatic N) is 1. The molecule has 94 valence electrons. The molecule has 0 amide bonds. The largest absolute Gasteiger partial charge is 0.396 e. The summed E-state index contributed by atoms with van der Waals surface area (Å²) in [5.74, 6) is 0. The van der Waals surface area contributed by atoms with E-state index in [0.29, 0.717) is 19.6 Å². The molecule has 0 aromatic rings. The van der Waals surface area contributed by atoms with E-state index in [1.807, 2.05) is 0 Å². The van der Waals surface area contributed by atoms with Crippen molar-refractivity contribution in [1.29, 1.82) is 0 Å². The smallest absolute Gasteiger partial charge is 0.0991 e. The molecule has 2 saturated heterocycles.